The number of rotatable bonds is 2. The lowest BCUT2D eigenvalue weighted by atomic mass is 9.96. The van der Waals surface area contributed by atoms with Crippen molar-refractivity contribution in [3.8, 4) is 0 Å². The molecular formula is C11H21N3O. The number of hydrogen-bond acceptors (Lipinski definition) is 2. The molecule has 4 nitrogen and oxygen atoms in total. The Kier molecular flexibility index (Phi) is 3.46. The van der Waals surface area contributed by atoms with Crippen LogP contribution in [0.4, 0.5) is 4.79 Å². The Balaban J connectivity index is 1.74. The number of likely N-dealkylation sites (N-methyl/N-ethyl adjacent to an activating group) is 1. The van der Waals surface area contributed by atoms with E-state index >= 15 is 0 Å². The van der Waals surface area contributed by atoms with Gasteiger partial charge in [-0.2, -0.15) is 0 Å². The molecule has 0 aromatic heterocycles. The fraction of sp³-hybridized carbons (Fsp3) is 0.909. The number of urea groups is 1. The summed E-state index contributed by atoms with van der Waals surface area (Å²) >= 11 is 0. The van der Waals surface area contributed by atoms with Crippen LogP contribution in [0.25, 0.3) is 0 Å². The second-order valence-corrected chi connectivity index (χ2v) is 4.71. The van der Waals surface area contributed by atoms with Gasteiger partial charge in [-0.1, -0.05) is 19.3 Å². The summed E-state index contributed by atoms with van der Waals surface area (Å²) < 4.78 is 0. The molecule has 0 aromatic carbocycles. The summed E-state index contributed by atoms with van der Waals surface area (Å²) in [6.07, 6.45) is 6.17. The minimum Gasteiger partial charge on any atom is -0.335 e. The molecule has 0 atom stereocenters. The first kappa shape index (κ1) is 10.7. The van der Waals surface area contributed by atoms with Gasteiger partial charge >= 0.3 is 6.03 Å². The van der Waals surface area contributed by atoms with Gasteiger partial charge in [-0.05, 0) is 12.8 Å². The maximum absolute atomic E-state index is 11.8. The first-order valence-electron chi connectivity index (χ1n) is 6.01. The maximum atomic E-state index is 11.8. The lowest BCUT2D eigenvalue weighted by Gasteiger charge is -2.36. The summed E-state index contributed by atoms with van der Waals surface area (Å²) in [6.45, 7) is 1.88. The SMILES string of the molecule is CN(C(=O)NC1CCCCC1)C1CNC1. The van der Waals surface area contributed by atoms with Gasteiger partial charge in [0.25, 0.3) is 0 Å². The van der Waals surface area contributed by atoms with E-state index in [0.717, 1.165) is 25.9 Å². The first-order valence-corrected chi connectivity index (χ1v) is 6.01. The largest absolute Gasteiger partial charge is 0.335 e. The van der Waals surface area contributed by atoms with Crippen LogP contribution in [0.5, 0.6) is 0 Å². The van der Waals surface area contributed by atoms with Crippen molar-refractivity contribution >= 4 is 6.03 Å². The third-order valence-electron chi connectivity index (χ3n) is 3.56. The number of nitrogens with zero attached hydrogens (tertiary/aromatic N) is 1. The number of amides is 2. The van der Waals surface area contributed by atoms with Gasteiger partial charge in [-0.25, -0.2) is 4.79 Å². The highest BCUT2D eigenvalue weighted by Gasteiger charge is 2.26. The number of nitrogens with one attached hydrogen (secondary N) is 2. The van der Waals surface area contributed by atoms with Crippen LogP contribution in [0.15, 0.2) is 0 Å². The zero-order valence-electron chi connectivity index (χ0n) is 9.46. The summed E-state index contributed by atoms with van der Waals surface area (Å²) in [5, 5.41) is 6.31. The van der Waals surface area contributed by atoms with Crippen molar-refractivity contribution in [2.45, 2.75) is 44.2 Å². The Hall–Kier alpha value is -0.770. The van der Waals surface area contributed by atoms with Crippen LogP contribution in [0.2, 0.25) is 0 Å². The zero-order chi connectivity index (χ0) is 10.7. The van der Waals surface area contributed by atoms with Crippen LogP contribution >= 0.6 is 0 Å². The van der Waals surface area contributed by atoms with Gasteiger partial charge in [0.2, 0.25) is 0 Å². The van der Waals surface area contributed by atoms with Gasteiger partial charge in [0.1, 0.15) is 0 Å². The molecule has 1 aliphatic heterocycles. The monoisotopic (exact) mass is 211 g/mol. The average molecular weight is 211 g/mol. The highest BCUT2D eigenvalue weighted by molar-refractivity contribution is 5.74. The molecule has 0 spiro atoms. The second-order valence-electron chi connectivity index (χ2n) is 4.71. The number of carbonyl (C=O) groups is 1. The average Bonchev–Trinajstić information content (AvgIpc) is 2.16. The molecular weight excluding hydrogens is 190 g/mol. The summed E-state index contributed by atoms with van der Waals surface area (Å²) in [7, 11) is 1.89. The molecule has 2 rings (SSSR count). The molecule has 2 amide bonds. The summed E-state index contributed by atoms with van der Waals surface area (Å²) in [5.74, 6) is 0. The molecule has 4 heteroatoms. The topological polar surface area (TPSA) is 44.4 Å². The van der Waals surface area contributed by atoms with E-state index < -0.39 is 0 Å². The molecule has 2 N–H and O–H groups in total. The van der Waals surface area contributed by atoms with Gasteiger partial charge in [0, 0.05) is 26.2 Å². The molecule has 0 bridgehead atoms. The Morgan fingerprint density at radius 3 is 2.47 bits per heavy atom. The van der Waals surface area contributed by atoms with Crippen LogP contribution in [-0.2, 0) is 0 Å². The molecule has 15 heavy (non-hydrogen) atoms. The van der Waals surface area contributed by atoms with Gasteiger partial charge in [-0.3, -0.25) is 0 Å². The van der Waals surface area contributed by atoms with Crippen LogP contribution in [0.1, 0.15) is 32.1 Å². The van der Waals surface area contributed by atoms with Crippen LogP contribution < -0.4 is 10.6 Å². The van der Waals surface area contributed by atoms with Crippen molar-refractivity contribution in [1.29, 1.82) is 0 Å². The van der Waals surface area contributed by atoms with E-state index in [1.165, 1.54) is 19.3 Å². The molecule has 0 aromatic rings. The first-order chi connectivity index (χ1) is 7.27. The molecule has 2 fully saturated rings. The van der Waals surface area contributed by atoms with E-state index in [9.17, 15) is 4.79 Å². The fourth-order valence-electron chi connectivity index (χ4n) is 2.24. The van der Waals surface area contributed by atoms with Crippen molar-refractivity contribution in [3.63, 3.8) is 0 Å². The summed E-state index contributed by atoms with van der Waals surface area (Å²) in [5.41, 5.74) is 0. The molecule has 86 valence electrons. The minimum atomic E-state index is 0.105. The Morgan fingerprint density at radius 2 is 1.93 bits per heavy atom. The Labute approximate surface area is 91.4 Å². The van der Waals surface area contributed by atoms with Crippen LogP contribution in [0, 0.1) is 0 Å². The molecule has 1 saturated carbocycles. The maximum Gasteiger partial charge on any atom is 0.317 e. The lowest BCUT2D eigenvalue weighted by Crippen LogP contribution is -2.60. The van der Waals surface area contributed by atoms with Crippen molar-refractivity contribution < 1.29 is 4.79 Å². The van der Waals surface area contributed by atoms with E-state index in [4.69, 9.17) is 0 Å². The van der Waals surface area contributed by atoms with Gasteiger partial charge in [0.15, 0.2) is 0 Å². The van der Waals surface area contributed by atoms with E-state index in [0.29, 0.717) is 12.1 Å². The normalized spacial score (nSPS) is 23.3. The molecule has 1 heterocycles. The van der Waals surface area contributed by atoms with Crippen LogP contribution in [0.3, 0.4) is 0 Å². The fourth-order valence-corrected chi connectivity index (χ4v) is 2.24. The lowest BCUT2D eigenvalue weighted by molar-refractivity contribution is 0.162. The minimum absolute atomic E-state index is 0.105. The second kappa shape index (κ2) is 4.84. The van der Waals surface area contributed by atoms with Crippen LogP contribution in [-0.4, -0.2) is 43.2 Å². The zero-order valence-corrected chi connectivity index (χ0v) is 9.46. The van der Waals surface area contributed by atoms with Gasteiger partial charge < -0.3 is 15.5 Å². The highest BCUT2D eigenvalue weighted by atomic mass is 16.2. The molecule has 0 radical (unpaired) electrons. The molecule has 2 aliphatic rings. The van der Waals surface area contributed by atoms with Gasteiger partial charge in [0.05, 0.1) is 6.04 Å². The Bertz CT molecular complexity index is 222. The van der Waals surface area contributed by atoms with E-state index in [1.807, 2.05) is 11.9 Å². The van der Waals surface area contributed by atoms with E-state index in [2.05, 4.69) is 10.6 Å². The molecule has 1 aliphatic carbocycles. The summed E-state index contributed by atoms with van der Waals surface area (Å²) in [6, 6.07) is 0.920. The number of hydrogen-bond donors (Lipinski definition) is 2. The smallest absolute Gasteiger partial charge is 0.317 e. The predicted molar refractivity (Wildman–Crippen MR) is 59.8 cm³/mol. The molecule has 0 unspecified atom stereocenters. The van der Waals surface area contributed by atoms with Gasteiger partial charge in [-0.15, -0.1) is 0 Å². The third-order valence-corrected chi connectivity index (χ3v) is 3.56. The quantitative estimate of drug-likeness (QED) is 0.713. The van der Waals surface area contributed by atoms with E-state index in [-0.39, 0.29) is 6.03 Å². The third kappa shape index (κ3) is 2.62. The highest BCUT2D eigenvalue weighted by Crippen LogP contribution is 2.17. The molecule has 1 saturated heterocycles. The standard InChI is InChI=1S/C11H21N3O/c1-14(10-7-12-8-10)11(15)13-9-5-3-2-4-6-9/h9-10,12H,2-8H2,1H3,(H,13,15). The van der Waals surface area contributed by atoms with Crippen molar-refractivity contribution in [1.82, 2.24) is 15.5 Å². The van der Waals surface area contributed by atoms with Crippen molar-refractivity contribution in [3.05, 3.63) is 0 Å². The van der Waals surface area contributed by atoms with E-state index in [1.54, 1.807) is 0 Å². The van der Waals surface area contributed by atoms with Crippen molar-refractivity contribution in [2.75, 3.05) is 20.1 Å². The number of carbonyl (C=O) groups excluding carboxylic acids is 1. The van der Waals surface area contributed by atoms with Crippen molar-refractivity contribution in [2.24, 2.45) is 0 Å². The predicted octanol–water partition coefficient (Wildman–Crippen LogP) is 0.932. The Morgan fingerprint density at radius 1 is 1.27 bits per heavy atom. The summed E-state index contributed by atoms with van der Waals surface area (Å²) in [4.78, 5) is 13.7.